The number of amides is 1. The fourth-order valence-corrected chi connectivity index (χ4v) is 1.82. The van der Waals surface area contributed by atoms with E-state index in [-0.39, 0.29) is 5.91 Å². The van der Waals surface area contributed by atoms with Crippen molar-refractivity contribution < 1.29 is 4.79 Å². The van der Waals surface area contributed by atoms with Crippen molar-refractivity contribution in [2.75, 3.05) is 5.32 Å². The molecule has 20 heavy (non-hydrogen) atoms. The monoisotopic (exact) mass is 261 g/mol. The van der Waals surface area contributed by atoms with E-state index in [2.05, 4.69) is 11.2 Å². The molecule has 1 N–H and O–H groups in total. The molecule has 2 aromatic carbocycles. The minimum Gasteiger partial charge on any atom is -0.322 e. The minimum absolute atomic E-state index is 0.180. The zero-order valence-corrected chi connectivity index (χ0v) is 11.3. The second-order valence-electron chi connectivity index (χ2n) is 4.46. The first-order valence-corrected chi connectivity index (χ1v) is 6.30. The average Bonchev–Trinajstić information content (AvgIpc) is 2.45. The molecule has 2 aromatic rings. The Morgan fingerprint density at radius 2 is 2.00 bits per heavy atom. The SMILES string of the molecule is C#Cc1cccc(NC(=O)/C=C\c2cccc(C)c2)c1. The highest BCUT2D eigenvalue weighted by Crippen LogP contribution is 2.10. The van der Waals surface area contributed by atoms with Crippen LogP contribution in [0.2, 0.25) is 0 Å². The number of carbonyl (C=O) groups is 1. The van der Waals surface area contributed by atoms with Crippen LogP contribution in [0.1, 0.15) is 16.7 Å². The number of carbonyl (C=O) groups excluding carboxylic acids is 1. The standard InChI is InChI=1S/C18H15NO/c1-3-15-7-5-9-17(13-15)19-18(20)11-10-16-8-4-6-14(2)12-16/h1,4-13H,2H3,(H,19,20)/b11-10-. The maximum absolute atomic E-state index is 11.8. The van der Waals surface area contributed by atoms with Gasteiger partial charge in [-0.05, 0) is 36.8 Å². The van der Waals surface area contributed by atoms with E-state index in [4.69, 9.17) is 6.42 Å². The van der Waals surface area contributed by atoms with E-state index in [1.807, 2.05) is 43.3 Å². The predicted molar refractivity (Wildman–Crippen MR) is 83.2 cm³/mol. The Morgan fingerprint density at radius 1 is 1.20 bits per heavy atom. The van der Waals surface area contributed by atoms with E-state index in [0.717, 1.165) is 16.7 Å². The van der Waals surface area contributed by atoms with Gasteiger partial charge in [-0.1, -0.05) is 41.8 Å². The van der Waals surface area contributed by atoms with Gasteiger partial charge in [0.15, 0.2) is 0 Å². The van der Waals surface area contributed by atoms with Crippen LogP contribution in [-0.2, 0) is 4.79 Å². The van der Waals surface area contributed by atoms with Gasteiger partial charge in [0.25, 0.3) is 0 Å². The maximum Gasteiger partial charge on any atom is 0.248 e. The lowest BCUT2D eigenvalue weighted by atomic mass is 10.1. The van der Waals surface area contributed by atoms with Crippen LogP contribution in [0.15, 0.2) is 54.6 Å². The number of aryl methyl sites for hydroxylation is 1. The summed E-state index contributed by atoms with van der Waals surface area (Å²) in [6, 6.07) is 15.1. The van der Waals surface area contributed by atoms with Crippen LogP contribution in [0, 0.1) is 19.3 Å². The lowest BCUT2D eigenvalue weighted by Crippen LogP contribution is -2.07. The molecule has 0 saturated carbocycles. The van der Waals surface area contributed by atoms with E-state index >= 15 is 0 Å². The summed E-state index contributed by atoms with van der Waals surface area (Å²) in [5.41, 5.74) is 3.59. The molecule has 2 rings (SSSR count). The van der Waals surface area contributed by atoms with Crippen molar-refractivity contribution in [3.05, 3.63) is 71.3 Å². The molecule has 0 aliphatic heterocycles. The number of terminal acetylenes is 1. The molecule has 0 saturated heterocycles. The van der Waals surface area contributed by atoms with Crippen molar-refractivity contribution in [2.24, 2.45) is 0 Å². The zero-order chi connectivity index (χ0) is 14.4. The molecule has 0 aromatic heterocycles. The minimum atomic E-state index is -0.180. The smallest absolute Gasteiger partial charge is 0.248 e. The molecule has 0 spiro atoms. The molecule has 1 amide bonds. The van der Waals surface area contributed by atoms with Gasteiger partial charge in [-0.25, -0.2) is 0 Å². The highest BCUT2D eigenvalue weighted by Gasteiger charge is 1.98. The van der Waals surface area contributed by atoms with E-state index < -0.39 is 0 Å². The third kappa shape index (κ3) is 3.86. The van der Waals surface area contributed by atoms with Crippen molar-refractivity contribution in [1.29, 1.82) is 0 Å². The Hall–Kier alpha value is -2.79. The molecule has 98 valence electrons. The summed E-state index contributed by atoms with van der Waals surface area (Å²) in [7, 11) is 0. The van der Waals surface area contributed by atoms with Crippen LogP contribution in [0.5, 0.6) is 0 Å². The van der Waals surface area contributed by atoms with Gasteiger partial charge in [0.1, 0.15) is 0 Å². The van der Waals surface area contributed by atoms with Crippen molar-refractivity contribution in [3.63, 3.8) is 0 Å². The molecule has 2 heteroatoms. The van der Waals surface area contributed by atoms with Crippen LogP contribution >= 0.6 is 0 Å². The van der Waals surface area contributed by atoms with E-state index in [0.29, 0.717) is 5.69 Å². The van der Waals surface area contributed by atoms with Gasteiger partial charge in [-0.2, -0.15) is 0 Å². The van der Waals surface area contributed by atoms with Crippen molar-refractivity contribution >= 4 is 17.7 Å². The molecule has 0 aliphatic carbocycles. The Morgan fingerprint density at radius 3 is 2.75 bits per heavy atom. The normalized spacial score (nSPS) is 10.2. The van der Waals surface area contributed by atoms with Crippen molar-refractivity contribution in [3.8, 4) is 12.3 Å². The molecule has 0 fully saturated rings. The van der Waals surface area contributed by atoms with Crippen LogP contribution in [0.3, 0.4) is 0 Å². The van der Waals surface area contributed by atoms with Crippen molar-refractivity contribution in [2.45, 2.75) is 6.92 Å². The van der Waals surface area contributed by atoms with E-state index in [1.165, 1.54) is 6.08 Å². The third-order valence-corrected chi connectivity index (χ3v) is 2.77. The summed E-state index contributed by atoms with van der Waals surface area (Å²) in [6.45, 7) is 2.02. The lowest BCUT2D eigenvalue weighted by molar-refractivity contribution is -0.111. The number of hydrogen-bond donors (Lipinski definition) is 1. The first-order chi connectivity index (χ1) is 9.67. The number of anilines is 1. The number of nitrogens with one attached hydrogen (secondary N) is 1. The molecule has 2 nitrogen and oxygen atoms in total. The summed E-state index contributed by atoms with van der Waals surface area (Å²) in [5, 5.41) is 2.78. The van der Waals surface area contributed by atoms with Gasteiger partial charge in [-0.15, -0.1) is 6.42 Å². The highest BCUT2D eigenvalue weighted by molar-refractivity contribution is 6.02. The van der Waals surface area contributed by atoms with Crippen LogP contribution in [-0.4, -0.2) is 5.91 Å². The van der Waals surface area contributed by atoms with Crippen LogP contribution in [0.25, 0.3) is 6.08 Å². The average molecular weight is 261 g/mol. The Kier molecular flexibility index (Phi) is 4.36. The second-order valence-corrected chi connectivity index (χ2v) is 4.46. The Labute approximate surface area is 119 Å². The molecule has 0 unspecified atom stereocenters. The summed E-state index contributed by atoms with van der Waals surface area (Å²) in [5.74, 6) is 2.36. The summed E-state index contributed by atoms with van der Waals surface area (Å²) in [4.78, 5) is 11.8. The summed E-state index contributed by atoms with van der Waals surface area (Å²) in [6.07, 6.45) is 8.62. The predicted octanol–water partition coefficient (Wildman–Crippen LogP) is 3.63. The van der Waals surface area contributed by atoms with Crippen LogP contribution in [0.4, 0.5) is 5.69 Å². The quantitative estimate of drug-likeness (QED) is 0.663. The van der Waals surface area contributed by atoms with Gasteiger partial charge >= 0.3 is 0 Å². The fraction of sp³-hybridized carbons (Fsp3) is 0.0556. The lowest BCUT2D eigenvalue weighted by Gasteiger charge is -2.02. The summed E-state index contributed by atoms with van der Waals surface area (Å²) < 4.78 is 0. The Balaban J connectivity index is 2.04. The number of hydrogen-bond acceptors (Lipinski definition) is 1. The van der Waals surface area contributed by atoms with Gasteiger partial charge in [0.2, 0.25) is 5.91 Å². The fourth-order valence-electron chi connectivity index (χ4n) is 1.82. The summed E-state index contributed by atoms with van der Waals surface area (Å²) >= 11 is 0. The molecule has 0 radical (unpaired) electrons. The second kappa shape index (κ2) is 6.40. The van der Waals surface area contributed by atoms with Crippen molar-refractivity contribution in [1.82, 2.24) is 0 Å². The molecular formula is C18H15NO. The molecule has 0 atom stereocenters. The van der Waals surface area contributed by atoms with Gasteiger partial charge in [-0.3, -0.25) is 4.79 Å². The highest BCUT2D eigenvalue weighted by atomic mass is 16.1. The first-order valence-electron chi connectivity index (χ1n) is 6.30. The molecule has 0 bridgehead atoms. The van der Waals surface area contributed by atoms with Crippen LogP contribution < -0.4 is 5.32 Å². The topological polar surface area (TPSA) is 29.1 Å². The maximum atomic E-state index is 11.8. The van der Waals surface area contributed by atoms with E-state index in [1.54, 1.807) is 18.2 Å². The largest absolute Gasteiger partial charge is 0.322 e. The zero-order valence-electron chi connectivity index (χ0n) is 11.3. The molecular weight excluding hydrogens is 246 g/mol. The van der Waals surface area contributed by atoms with Gasteiger partial charge in [0, 0.05) is 17.3 Å². The molecule has 0 heterocycles. The van der Waals surface area contributed by atoms with Gasteiger partial charge in [0.05, 0.1) is 0 Å². The molecule has 0 aliphatic rings. The Bertz CT molecular complexity index is 693. The first kappa shape index (κ1) is 13.6. The number of rotatable bonds is 3. The van der Waals surface area contributed by atoms with Gasteiger partial charge < -0.3 is 5.32 Å². The third-order valence-electron chi connectivity index (χ3n) is 2.77. The number of benzene rings is 2. The van der Waals surface area contributed by atoms with E-state index in [9.17, 15) is 4.79 Å².